The smallest absolute Gasteiger partial charge is 0.291 e. The number of rotatable bonds is 5. The molecule has 0 aliphatic rings. The summed E-state index contributed by atoms with van der Waals surface area (Å²) in [7, 11) is 0. The molecule has 0 saturated heterocycles. The molecule has 0 spiro atoms. The Hall–Kier alpha value is -2.43. The Morgan fingerprint density at radius 1 is 1.04 bits per heavy atom. The first-order valence-corrected chi connectivity index (χ1v) is 7.90. The number of furan rings is 1. The van der Waals surface area contributed by atoms with Gasteiger partial charge in [-0.2, -0.15) is 0 Å². The van der Waals surface area contributed by atoms with Gasteiger partial charge in [0.15, 0.2) is 5.76 Å². The fourth-order valence-electron chi connectivity index (χ4n) is 2.02. The second-order valence-electron chi connectivity index (χ2n) is 4.95. The zero-order chi connectivity index (χ0) is 16.9. The van der Waals surface area contributed by atoms with Crippen molar-refractivity contribution in [2.75, 3.05) is 5.32 Å². The van der Waals surface area contributed by atoms with Gasteiger partial charge < -0.3 is 14.5 Å². The molecule has 4 nitrogen and oxygen atoms in total. The molecule has 0 atom stereocenters. The lowest BCUT2D eigenvalue weighted by Gasteiger charge is -2.06. The number of halogens is 2. The molecule has 1 N–H and O–H groups in total. The molecule has 0 aliphatic carbocycles. The number of nitrogens with one attached hydrogen (secondary N) is 1. The number of amides is 1. The number of hydrogen-bond donors (Lipinski definition) is 1. The number of anilines is 1. The van der Waals surface area contributed by atoms with Gasteiger partial charge in [0.1, 0.15) is 18.1 Å². The van der Waals surface area contributed by atoms with E-state index in [1.807, 2.05) is 30.3 Å². The second kappa shape index (κ2) is 7.43. The van der Waals surface area contributed by atoms with E-state index in [1.54, 1.807) is 30.3 Å². The predicted octanol–water partition coefficient (Wildman–Crippen LogP) is 5.42. The van der Waals surface area contributed by atoms with Gasteiger partial charge in [-0.1, -0.05) is 41.4 Å². The topological polar surface area (TPSA) is 51.5 Å². The van der Waals surface area contributed by atoms with E-state index in [1.165, 1.54) is 0 Å². The van der Waals surface area contributed by atoms with Gasteiger partial charge >= 0.3 is 0 Å². The van der Waals surface area contributed by atoms with Gasteiger partial charge in [-0.3, -0.25) is 4.79 Å². The van der Waals surface area contributed by atoms with Crippen molar-refractivity contribution in [2.24, 2.45) is 0 Å². The van der Waals surface area contributed by atoms with Crippen molar-refractivity contribution >= 4 is 34.8 Å². The Labute approximate surface area is 149 Å². The lowest BCUT2D eigenvalue weighted by molar-refractivity contribution is 0.0992. The summed E-state index contributed by atoms with van der Waals surface area (Å²) in [6.45, 7) is 0.235. The van der Waals surface area contributed by atoms with Crippen LogP contribution in [0.25, 0.3) is 0 Å². The van der Waals surface area contributed by atoms with Crippen LogP contribution in [0.15, 0.2) is 65.1 Å². The van der Waals surface area contributed by atoms with E-state index in [-0.39, 0.29) is 12.4 Å². The van der Waals surface area contributed by atoms with Crippen molar-refractivity contribution in [2.45, 2.75) is 6.61 Å². The molecule has 0 bridgehead atoms. The summed E-state index contributed by atoms with van der Waals surface area (Å²) in [5, 5.41) is 3.53. The van der Waals surface area contributed by atoms with Crippen LogP contribution in [-0.2, 0) is 6.61 Å². The van der Waals surface area contributed by atoms with E-state index in [4.69, 9.17) is 32.4 Å². The molecule has 1 heterocycles. The first-order valence-electron chi connectivity index (χ1n) is 7.15. The summed E-state index contributed by atoms with van der Waals surface area (Å²) in [5.74, 6) is 1.05. The Bertz CT molecular complexity index is 846. The van der Waals surface area contributed by atoms with Gasteiger partial charge in [-0.25, -0.2) is 0 Å². The highest BCUT2D eigenvalue weighted by Crippen LogP contribution is 2.26. The summed E-state index contributed by atoms with van der Waals surface area (Å²) in [5.41, 5.74) is 0.463. The Balaban J connectivity index is 1.63. The van der Waals surface area contributed by atoms with E-state index in [0.29, 0.717) is 21.5 Å². The normalized spacial score (nSPS) is 10.4. The zero-order valence-corrected chi connectivity index (χ0v) is 14.0. The van der Waals surface area contributed by atoms with Gasteiger partial charge in [0, 0.05) is 5.02 Å². The largest absolute Gasteiger partial charge is 0.486 e. The lowest BCUT2D eigenvalue weighted by Crippen LogP contribution is -2.11. The third-order valence-electron chi connectivity index (χ3n) is 3.19. The summed E-state index contributed by atoms with van der Waals surface area (Å²) in [6.07, 6.45) is 0. The van der Waals surface area contributed by atoms with Crippen LogP contribution >= 0.6 is 23.2 Å². The molecule has 6 heteroatoms. The minimum Gasteiger partial charge on any atom is -0.486 e. The summed E-state index contributed by atoms with van der Waals surface area (Å²) >= 11 is 11.9. The molecule has 122 valence electrons. The highest BCUT2D eigenvalue weighted by atomic mass is 35.5. The second-order valence-corrected chi connectivity index (χ2v) is 5.79. The van der Waals surface area contributed by atoms with Crippen LogP contribution in [-0.4, -0.2) is 5.91 Å². The lowest BCUT2D eigenvalue weighted by atomic mass is 10.3. The van der Waals surface area contributed by atoms with Gasteiger partial charge in [0.05, 0.1) is 10.7 Å². The molecule has 0 aliphatic heterocycles. The van der Waals surface area contributed by atoms with Gasteiger partial charge in [0.25, 0.3) is 5.91 Å². The number of para-hydroxylation sites is 1. The molecule has 0 unspecified atom stereocenters. The maximum atomic E-state index is 12.2. The quantitative estimate of drug-likeness (QED) is 0.660. The number of benzene rings is 2. The van der Waals surface area contributed by atoms with E-state index in [9.17, 15) is 4.79 Å². The predicted molar refractivity (Wildman–Crippen MR) is 93.9 cm³/mol. The molecular weight excluding hydrogens is 349 g/mol. The molecule has 3 rings (SSSR count). The SMILES string of the molecule is O=C(Nc1ccc(Cl)cc1Cl)c1ccc(COc2ccccc2)o1. The number of carbonyl (C=O) groups is 1. The van der Waals surface area contributed by atoms with Gasteiger partial charge in [0.2, 0.25) is 0 Å². The third kappa shape index (κ3) is 4.10. The fourth-order valence-corrected chi connectivity index (χ4v) is 2.48. The third-order valence-corrected chi connectivity index (χ3v) is 3.74. The van der Waals surface area contributed by atoms with Crippen LogP contribution < -0.4 is 10.1 Å². The monoisotopic (exact) mass is 361 g/mol. The Kier molecular flexibility index (Phi) is 5.08. The minimum absolute atomic E-state index is 0.174. The summed E-state index contributed by atoms with van der Waals surface area (Å²) < 4.78 is 11.1. The molecule has 0 fully saturated rings. The van der Waals surface area contributed by atoms with Crippen LogP contribution in [0.2, 0.25) is 10.0 Å². The highest BCUT2D eigenvalue weighted by molar-refractivity contribution is 6.36. The van der Waals surface area contributed by atoms with Crippen molar-refractivity contribution in [3.63, 3.8) is 0 Å². The van der Waals surface area contributed by atoms with Crippen LogP contribution in [0, 0.1) is 0 Å². The number of ether oxygens (including phenoxy) is 1. The Morgan fingerprint density at radius 3 is 2.58 bits per heavy atom. The van der Waals surface area contributed by atoms with Crippen molar-refractivity contribution in [1.29, 1.82) is 0 Å². The van der Waals surface area contributed by atoms with Crippen molar-refractivity contribution in [3.05, 3.63) is 82.2 Å². The number of hydrogen-bond acceptors (Lipinski definition) is 3. The maximum absolute atomic E-state index is 12.2. The van der Waals surface area contributed by atoms with Crippen molar-refractivity contribution < 1.29 is 13.9 Å². The summed E-state index contributed by atoms with van der Waals surface area (Å²) in [4.78, 5) is 12.2. The average Bonchev–Trinajstić information content (AvgIpc) is 3.05. The van der Waals surface area contributed by atoms with E-state index in [2.05, 4.69) is 5.32 Å². The standard InChI is InChI=1S/C18H13Cl2NO3/c19-12-6-8-16(15(20)10-12)21-18(22)17-9-7-14(24-17)11-23-13-4-2-1-3-5-13/h1-10H,11H2,(H,21,22). The average molecular weight is 362 g/mol. The molecule has 1 aromatic heterocycles. The molecule has 1 amide bonds. The van der Waals surface area contributed by atoms with Gasteiger partial charge in [-0.15, -0.1) is 0 Å². The molecule has 3 aromatic rings. The molecular formula is C18H13Cl2NO3. The van der Waals surface area contributed by atoms with Crippen LogP contribution in [0.1, 0.15) is 16.3 Å². The minimum atomic E-state index is -0.398. The van der Waals surface area contributed by atoms with Crippen molar-refractivity contribution in [3.8, 4) is 5.75 Å². The zero-order valence-electron chi connectivity index (χ0n) is 12.5. The van der Waals surface area contributed by atoms with E-state index >= 15 is 0 Å². The maximum Gasteiger partial charge on any atom is 0.291 e. The molecule has 0 saturated carbocycles. The number of carbonyl (C=O) groups excluding carboxylic acids is 1. The molecule has 2 aromatic carbocycles. The first kappa shape index (κ1) is 16.4. The van der Waals surface area contributed by atoms with Crippen LogP contribution in [0.5, 0.6) is 5.75 Å². The summed E-state index contributed by atoms with van der Waals surface area (Å²) in [6, 6.07) is 17.5. The van der Waals surface area contributed by atoms with E-state index < -0.39 is 5.91 Å². The molecule has 0 radical (unpaired) electrons. The van der Waals surface area contributed by atoms with E-state index in [0.717, 1.165) is 5.75 Å². The van der Waals surface area contributed by atoms with Crippen LogP contribution in [0.4, 0.5) is 5.69 Å². The highest BCUT2D eigenvalue weighted by Gasteiger charge is 2.13. The first-order chi connectivity index (χ1) is 11.6. The molecule has 24 heavy (non-hydrogen) atoms. The van der Waals surface area contributed by atoms with Gasteiger partial charge in [-0.05, 0) is 42.5 Å². The van der Waals surface area contributed by atoms with Crippen molar-refractivity contribution in [1.82, 2.24) is 0 Å². The Morgan fingerprint density at radius 2 is 1.83 bits per heavy atom. The fraction of sp³-hybridized carbons (Fsp3) is 0.0556. The van der Waals surface area contributed by atoms with Crippen LogP contribution in [0.3, 0.4) is 0 Å².